The third-order valence-corrected chi connectivity index (χ3v) is 4.90. The molecule has 1 saturated carbocycles. The second-order valence-corrected chi connectivity index (χ2v) is 7.14. The number of thioether (sulfide) groups is 1. The second kappa shape index (κ2) is 8.07. The molecule has 1 aliphatic rings. The van der Waals surface area contributed by atoms with Crippen LogP contribution in [-0.4, -0.2) is 47.0 Å². The van der Waals surface area contributed by atoms with E-state index >= 15 is 0 Å². The predicted octanol–water partition coefficient (Wildman–Crippen LogP) is 2.42. The number of carbonyl (C=O) groups excluding carboxylic acids is 2. The molecule has 0 saturated heterocycles. The summed E-state index contributed by atoms with van der Waals surface area (Å²) >= 11 is 7.30. The van der Waals surface area contributed by atoms with Gasteiger partial charge in [0.05, 0.1) is 23.4 Å². The third-order valence-electron chi connectivity index (χ3n) is 3.69. The number of carbonyl (C=O) groups is 2. The summed E-state index contributed by atoms with van der Waals surface area (Å²) in [7, 11) is 1.63. The topological polar surface area (TPSA) is 85.2 Å². The quantitative estimate of drug-likeness (QED) is 0.718. The number of hydrogen-bond acceptors (Lipinski definition) is 5. The van der Waals surface area contributed by atoms with E-state index in [-0.39, 0.29) is 17.7 Å². The molecule has 0 spiro atoms. The molecule has 2 N–H and O–H groups in total. The summed E-state index contributed by atoms with van der Waals surface area (Å²) in [5, 5.41) is 6.35. The molecule has 2 aromatic rings. The van der Waals surface area contributed by atoms with Crippen molar-refractivity contribution in [3.63, 3.8) is 0 Å². The van der Waals surface area contributed by atoms with Crippen molar-refractivity contribution in [2.75, 3.05) is 19.5 Å². The van der Waals surface area contributed by atoms with Crippen LogP contribution in [0.3, 0.4) is 0 Å². The lowest BCUT2D eigenvalue weighted by atomic mass is 10.3. The number of methoxy groups -OCH3 is 1. The number of hydrogen-bond donors (Lipinski definition) is 2. The summed E-state index contributed by atoms with van der Waals surface area (Å²) in [6, 6.07) is 5.26. The molecule has 9 heteroatoms. The van der Waals surface area contributed by atoms with Crippen LogP contribution in [0.15, 0.2) is 23.4 Å². The highest BCUT2D eigenvalue weighted by Gasteiger charge is 2.24. The fourth-order valence-electron chi connectivity index (χ4n) is 2.33. The number of fused-ring (bicyclic) bond motifs is 1. The van der Waals surface area contributed by atoms with E-state index < -0.39 is 6.03 Å². The minimum absolute atomic E-state index is 0.0993. The van der Waals surface area contributed by atoms with E-state index in [2.05, 4.69) is 15.6 Å². The second-order valence-electron chi connectivity index (χ2n) is 5.76. The number of ether oxygens (including phenoxy) is 1. The van der Waals surface area contributed by atoms with Gasteiger partial charge in [-0.05, 0) is 31.0 Å². The summed E-state index contributed by atoms with van der Waals surface area (Å²) in [6.07, 6.45) is 1.95. The van der Waals surface area contributed by atoms with Crippen molar-refractivity contribution >= 4 is 46.3 Å². The maximum atomic E-state index is 11.9. The largest absolute Gasteiger partial charge is 0.383 e. The Hall–Kier alpha value is -1.77. The lowest BCUT2D eigenvalue weighted by Gasteiger charge is -2.08. The fraction of sp³-hybridized carbons (Fsp3) is 0.438. The van der Waals surface area contributed by atoms with Crippen LogP contribution in [0, 0.1) is 0 Å². The SMILES string of the molecule is COCCn1c(SCC(=O)NC(=O)NC2CC2)nc2cc(Cl)ccc21. The van der Waals surface area contributed by atoms with Crippen LogP contribution < -0.4 is 10.6 Å². The number of halogens is 1. The summed E-state index contributed by atoms with van der Waals surface area (Å²) in [5.41, 5.74) is 1.69. The van der Waals surface area contributed by atoms with Gasteiger partial charge in [-0.2, -0.15) is 0 Å². The molecule has 1 fully saturated rings. The molecule has 1 aliphatic carbocycles. The third kappa shape index (κ3) is 4.87. The van der Waals surface area contributed by atoms with E-state index in [9.17, 15) is 9.59 Å². The van der Waals surface area contributed by atoms with Crippen LogP contribution in [-0.2, 0) is 16.1 Å². The number of aromatic nitrogens is 2. The van der Waals surface area contributed by atoms with E-state index in [1.54, 1.807) is 19.2 Å². The minimum atomic E-state index is -0.437. The Labute approximate surface area is 154 Å². The molecule has 0 aliphatic heterocycles. The molecule has 0 unspecified atom stereocenters. The Morgan fingerprint density at radius 1 is 1.44 bits per heavy atom. The zero-order valence-electron chi connectivity index (χ0n) is 13.8. The van der Waals surface area contributed by atoms with Crippen molar-refractivity contribution in [2.24, 2.45) is 0 Å². The van der Waals surface area contributed by atoms with Crippen molar-refractivity contribution in [3.8, 4) is 0 Å². The minimum Gasteiger partial charge on any atom is -0.383 e. The Bertz CT molecular complexity index is 791. The summed E-state index contributed by atoms with van der Waals surface area (Å²) in [5.74, 6) is -0.256. The predicted molar refractivity (Wildman–Crippen MR) is 97.0 cm³/mol. The number of urea groups is 1. The average molecular weight is 383 g/mol. The molecule has 1 aromatic heterocycles. The van der Waals surface area contributed by atoms with Gasteiger partial charge in [-0.3, -0.25) is 10.1 Å². The smallest absolute Gasteiger partial charge is 0.321 e. The molecule has 25 heavy (non-hydrogen) atoms. The van der Waals surface area contributed by atoms with Crippen LogP contribution in [0.4, 0.5) is 4.79 Å². The zero-order chi connectivity index (χ0) is 17.8. The normalized spacial score (nSPS) is 13.8. The molecular formula is C16H19ClN4O3S. The van der Waals surface area contributed by atoms with Gasteiger partial charge >= 0.3 is 6.03 Å². The molecule has 0 radical (unpaired) electrons. The van der Waals surface area contributed by atoms with Gasteiger partial charge in [0.2, 0.25) is 5.91 Å². The standard InChI is InChI=1S/C16H19ClN4O3S/c1-24-7-6-21-13-5-2-10(17)8-12(13)19-16(21)25-9-14(22)20-15(23)18-11-3-4-11/h2,5,8,11H,3-4,6-7,9H2,1H3,(H2,18,20,22,23). The number of amides is 3. The monoisotopic (exact) mass is 382 g/mol. The summed E-state index contributed by atoms with van der Waals surface area (Å²) in [4.78, 5) is 28.1. The Balaban J connectivity index is 1.66. The van der Waals surface area contributed by atoms with Crippen LogP contribution in [0.25, 0.3) is 11.0 Å². The number of nitrogens with zero attached hydrogens (tertiary/aromatic N) is 2. The number of imide groups is 1. The molecule has 3 rings (SSSR count). The first-order valence-electron chi connectivity index (χ1n) is 7.94. The molecule has 134 valence electrons. The maximum Gasteiger partial charge on any atom is 0.321 e. The van der Waals surface area contributed by atoms with Gasteiger partial charge in [0, 0.05) is 24.7 Å². The van der Waals surface area contributed by atoms with Crippen LogP contribution in [0.1, 0.15) is 12.8 Å². The fourth-order valence-corrected chi connectivity index (χ4v) is 3.34. The highest BCUT2D eigenvalue weighted by atomic mass is 35.5. The Kier molecular flexibility index (Phi) is 5.82. The van der Waals surface area contributed by atoms with Crippen molar-refractivity contribution in [2.45, 2.75) is 30.6 Å². The van der Waals surface area contributed by atoms with Gasteiger partial charge in [-0.15, -0.1) is 0 Å². The van der Waals surface area contributed by atoms with Crippen molar-refractivity contribution in [1.29, 1.82) is 0 Å². The lowest BCUT2D eigenvalue weighted by Crippen LogP contribution is -2.41. The van der Waals surface area contributed by atoms with Gasteiger partial charge < -0.3 is 14.6 Å². The van der Waals surface area contributed by atoms with Crippen molar-refractivity contribution in [1.82, 2.24) is 20.2 Å². The van der Waals surface area contributed by atoms with Crippen LogP contribution in [0.5, 0.6) is 0 Å². The molecule has 1 aromatic carbocycles. The number of nitrogens with one attached hydrogen (secondary N) is 2. The first-order valence-corrected chi connectivity index (χ1v) is 9.31. The highest BCUT2D eigenvalue weighted by molar-refractivity contribution is 7.99. The Morgan fingerprint density at radius 3 is 2.96 bits per heavy atom. The van der Waals surface area contributed by atoms with Crippen molar-refractivity contribution in [3.05, 3.63) is 23.2 Å². The number of benzene rings is 1. The molecule has 0 bridgehead atoms. The van der Waals surface area contributed by atoms with Crippen LogP contribution in [0.2, 0.25) is 5.02 Å². The molecule has 3 amide bonds. The van der Waals surface area contributed by atoms with Crippen LogP contribution >= 0.6 is 23.4 Å². The highest BCUT2D eigenvalue weighted by Crippen LogP contribution is 2.26. The number of rotatable bonds is 7. The van der Waals surface area contributed by atoms with E-state index in [0.717, 1.165) is 23.9 Å². The lowest BCUT2D eigenvalue weighted by molar-refractivity contribution is -0.117. The van der Waals surface area contributed by atoms with Gasteiger partial charge in [-0.1, -0.05) is 23.4 Å². The summed E-state index contributed by atoms with van der Waals surface area (Å²) in [6.45, 7) is 1.14. The van der Waals surface area contributed by atoms with E-state index in [1.165, 1.54) is 11.8 Å². The molecule has 0 atom stereocenters. The first-order chi connectivity index (χ1) is 12.1. The molecule has 7 nitrogen and oxygen atoms in total. The zero-order valence-corrected chi connectivity index (χ0v) is 15.3. The number of imidazole rings is 1. The first kappa shape index (κ1) is 18.0. The van der Waals surface area contributed by atoms with E-state index in [1.807, 2.05) is 10.6 Å². The van der Waals surface area contributed by atoms with Gasteiger partial charge in [-0.25, -0.2) is 9.78 Å². The van der Waals surface area contributed by atoms with E-state index in [4.69, 9.17) is 16.3 Å². The van der Waals surface area contributed by atoms with Gasteiger partial charge in [0.15, 0.2) is 5.16 Å². The van der Waals surface area contributed by atoms with Gasteiger partial charge in [0.25, 0.3) is 0 Å². The van der Waals surface area contributed by atoms with Crippen molar-refractivity contribution < 1.29 is 14.3 Å². The average Bonchev–Trinajstić information content (AvgIpc) is 3.30. The summed E-state index contributed by atoms with van der Waals surface area (Å²) < 4.78 is 7.13. The molecule has 1 heterocycles. The van der Waals surface area contributed by atoms with E-state index in [0.29, 0.717) is 23.3 Å². The van der Waals surface area contributed by atoms with Gasteiger partial charge in [0.1, 0.15) is 0 Å². The molecular weight excluding hydrogens is 364 g/mol. The maximum absolute atomic E-state index is 11.9. The Morgan fingerprint density at radius 2 is 2.24 bits per heavy atom.